The van der Waals surface area contributed by atoms with Gasteiger partial charge in [0.05, 0.1) is 0 Å². The van der Waals surface area contributed by atoms with Gasteiger partial charge < -0.3 is 4.74 Å². The minimum atomic E-state index is -0.566. The average Bonchev–Trinajstić information content (AvgIpc) is 2.95. The fourth-order valence-corrected chi connectivity index (χ4v) is 1.92. The zero-order valence-electron chi connectivity index (χ0n) is 10.1. The van der Waals surface area contributed by atoms with Crippen LogP contribution >= 0.6 is 27.5 Å². The summed E-state index contributed by atoms with van der Waals surface area (Å²) < 4.78 is 20.9. The molecule has 106 valence electrons. The molecule has 0 amide bonds. The van der Waals surface area contributed by atoms with Crippen LogP contribution in [0.4, 0.5) is 4.39 Å². The van der Waals surface area contributed by atoms with Gasteiger partial charge in [0.15, 0.2) is 11.6 Å². The van der Waals surface area contributed by atoms with Crippen LogP contribution in [0.3, 0.4) is 0 Å². The number of ether oxygens (including phenoxy) is 1. The van der Waals surface area contributed by atoms with Crippen LogP contribution in [0.2, 0.25) is 5.28 Å². The maximum Gasteiger partial charge on any atom is 0.328 e. The van der Waals surface area contributed by atoms with Crippen molar-refractivity contribution >= 4 is 27.5 Å². The second-order valence-electron chi connectivity index (χ2n) is 3.70. The molecule has 0 N–H and O–H groups in total. The van der Waals surface area contributed by atoms with Crippen LogP contribution in [-0.4, -0.2) is 29.7 Å². The van der Waals surface area contributed by atoms with E-state index in [0.717, 1.165) is 0 Å². The van der Waals surface area contributed by atoms with Gasteiger partial charge in [-0.25, -0.2) is 9.37 Å². The van der Waals surface area contributed by atoms with Crippen molar-refractivity contribution in [3.8, 4) is 17.7 Å². The van der Waals surface area contributed by atoms with E-state index in [4.69, 9.17) is 16.3 Å². The van der Waals surface area contributed by atoms with Gasteiger partial charge in [0.2, 0.25) is 5.28 Å². The second kappa shape index (κ2) is 5.70. The van der Waals surface area contributed by atoms with Crippen LogP contribution in [0.25, 0.3) is 5.95 Å². The zero-order valence-corrected chi connectivity index (χ0v) is 12.5. The molecule has 3 rings (SSSR count). The lowest BCUT2D eigenvalue weighted by molar-refractivity contribution is 0.407. The Balaban J connectivity index is 1.95. The third kappa shape index (κ3) is 3.14. The third-order valence-electron chi connectivity index (χ3n) is 2.29. The molecule has 0 aliphatic carbocycles. The Hall–Kier alpha value is -2.13. The molecule has 0 saturated carbocycles. The molecule has 0 radical (unpaired) electrons. The van der Waals surface area contributed by atoms with Gasteiger partial charge in [0.1, 0.15) is 12.7 Å². The maximum absolute atomic E-state index is 13.7. The van der Waals surface area contributed by atoms with Crippen molar-refractivity contribution < 1.29 is 9.13 Å². The van der Waals surface area contributed by atoms with Gasteiger partial charge in [-0.3, -0.25) is 0 Å². The highest BCUT2D eigenvalue weighted by Crippen LogP contribution is 2.25. The molecule has 0 bridgehead atoms. The van der Waals surface area contributed by atoms with Crippen molar-refractivity contribution in [2.75, 3.05) is 0 Å². The molecule has 0 unspecified atom stereocenters. The second-order valence-corrected chi connectivity index (χ2v) is 4.96. The van der Waals surface area contributed by atoms with E-state index in [1.165, 1.54) is 29.5 Å². The number of rotatable bonds is 3. The van der Waals surface area contributed by atoms with Crippen LogP contribution in [-0.2, 0) is 0 Å². The molecular formula is C11H5BrClFN6O. The number of hydrogen-bond acceptors (Lipinski definition) is 6. The van der Waals surface area contributed by atoms with Gasteiger partial charge >= 0.3 is 6.01 Å². The quantitative estimate of drug-likeness (QED) is 0.704. The topological polar surface area (TPSA) is 78.6 Å². The molecule has 0 aliphatic rings. The SMILES string of the molecule is Fc1cc(Br)ccc1Oc1nc(Cl)nc(-n2cncn2)n1. The first-order valence-corrected chi connectivity index (χ1v) is 6.68. The molecule has 10 heteroatoms. The smallest absolute Gasteiger partial charge is 0.328 e. The highest BCUT2D eigenvalue weighted by Gasteiger charge is 2.12. The van der Waals surface area contributed by atoms with E-state index in [2.05, 4.69) is 41.0 Å². The minimum Gasteiger partial charge on any atom is -0.421 e. The first kappa shape index (κ1) is 13.8. The van der Waals surface area contributed by atoms with Crippen molar-refractivity contribution in [3.63, 3.8) is 0 Å². The predicted octanol–water partition coefficient (Wildman–Crippen LogP) is 2.80. The summed E-state index contributed by atoms with van der Waals surface area (Å²) in [5.41, 5.74) is 0. The predicted molar refractivity (Wildman–Crippen MR) is 73.9 cm³/mol. The molecule has 0 saturated heterocycles. The van der Waals surface area contributed by atoms with Gasteiger partial charge in [-0.15, -0.1) is 0 Å². The van der Waals surface area contributed by atoms with Crippen LogP contribution in [0, 0.1) is 5.82 Å². The third-order valence-corrected chi connectivity index (χ3v) is 2.96. The summed E-state index contributed by atoms with van der Waals surface area (Å²) in [7, 11) is 0. The summed E-state index contributed by atoms with van der Waals surface area (Å²) >= 11 is 8.95. The Labute approximate surface area is 130 Å². The van der Waals surface area contributed by atoms with E-state index in [-0.39, 0.29) is 23.0 Å². The summed E-state index contributed by atoms with van der Waals surface area (Å²) in [5.74, 6) is -0.492. The molecule has 2 aromatic heterocycles. The summed E-state index contributed by atoms with van der Waals surface area (Å²) in [5, 5.41) is 3.75. The van der Waals surface area contributed by atoms with Crippen LogP contribution in [0.15, 0.2) is 35.3 Å². The summed E-state index contributed by atoms with van der Waals surface area (Å²) in [6.07, 6.45) is 2.70. The zero-order chi connectivity index (χ0) is 14.8. The minimum absolute atomic E-state index is 0.0370. The summed E-state index contributed by atoms with van der Waals surface area (Å²) in [4.78, 5) is 15.4. The van der Waals surface area contributed by atoms with Gasteiger partial charge in [0.25, 0.3) is 5.95 Å². The fraction of sp³-hybridized carbons (Fsp3) is 0. The number of benzene rings is 1. The lowest BCUT2D eigenvalue weighted by atomic mass is 10.3. The standard InChI is InChI=1S/C11H5BrClFN6O/c12-6-1-2-8(7(14)3-6)21-11-18-9(13)17-10(19-11)20-5-15-4-16-20/h1-5H. The lowest BCUT2D eigenvalue weighted by Gasteiger charge is -2.06. The van der Waals surface area contributed by atoms with Crippen molar-refractivity contribution in [1.82, 2.24) is 29.7 Å². The Bertz CT molecular complexity index is 784. The maximum atomic E-state index is 13.7. The largest absolute Gasteiger partial charge is 0.421 e. The normalized spacial score (nSPS) is 10.6. The first-order valence-electron chi connectivity index (χ1n) is 5.51. The van der Waals surface area contributed by atoms with Crippen LogP contribution < -0.4 is 4.74 Å². The van der Waals surface area contributed by atoms with E-state index in [1.54, 1.807) is 6.07 Å². The number of hydrogen-bond donors (Lipinski definition) is 0. The molecule has 0 atom stereocenters. The first-order chi connectivity index (χ1) is 10.1. The van der Waals surface area contributed by atoms with E-state index in [0.29, 0.717) is 4.47 Å². The van der Waals surface area contributed by atoms with E-state index >= 15 is 0 Å². The highest BCUT2D eigenvalue weighted by molar-refractivity contribution is 9.10. The highest BCUT2D eigenvalue weighted by atomic mass is 79.9. The van der Waals surface area contributed by atoms with Crippen LogP contribution in [0.1, 0.15) is 0 Å². The fourth-order valence-electron chi connectivity index (χ4n) is 1.44. The Morgan fingerprint density at radius 2 is 2.10 bits per heavy atom. The average molecular weight is 372 g/mol. The van der Waals surface area contributed by atoms with Crippen molar-refractivity contribution in [1.29, 1.82) is 0 Å². The van der Waals surface area contributed by atoms with Crippen molar-refractivity contribution in [2.45, 2.75) is 0 Å². The van der Waals surface area contributed by atoms with Crippen LogP contribution in [0.5, 0.6) is 11.8 Å². The van der Waals surface area contributed by atoms with E-state index < -0.39 is 5.82 Å². The Morgan fingerprint density at radius 3 is 2.81 bits per heavy atom. The molecule has 3 aromatic rings. The summed E-state index contributed by atoms with van der Waals surface area (Å²) in [6.45, 7) is 0. The molecule has 7 nitrogen and oxygen atoms in total. The van der Waals surface area contributed by atoms with Crippen molar-refractivity contribution in [2.24, 2.45) is 0 Å². The number of halogens is 3. The molecule has 1 aromatic carbocycles. The van der Waals surface area contributed by atoms with Gasteiger partial charge in [-0.2, -0.15) is 24.7 Å². The van der Waals surface area contributed by atoms with Gasteiger partial charge in [0, 0.05) is 4.47 Å². The molecule has 0 fully saturated rings. The monoisotopic (exact) mass is 370 g/mol. The van der Waals surface area contributed by atoms with E-state index in [9.17, 15) is 4.39 Å². The molecule has 0 aliphatic heterocycles. The Kier molecular flexibility index (Phi) is 3.76. The molecular weight excluding hydrogens is 367 g/mol. The summed E-state index contributed by atoms with van der Waals surface area (Å²) in [6, 6.07) is 4.17. The number of nitrogens with zero attached hydrogens (tertiary/aromatic N) is 6. The van der Waals surface area contributed by atoms with Gasteiger partial charge in [-0.1, -0.05) is 15.9 Å². The van der Waals surface area contributed by atoms with Crippen molar-refractivity contribution in [3.05, 3.63) is 46.4 Å². The molecule has 2 heterocycles. The van der Waals surface area contributed by atoms with Gasteiger partial charge in [-0.05, 0) is 29.8 Å². The Morgan fingerprint density at radius 1 is 1.24 bits per heavy atom. The number of aromatic nitrogens is 6. The molecule has 0 spiro atoms. The molecule has 21 heavy (non-hydrogen) atoms. The van der Waals surface area contributed by atoms with E-state index in [1.807, 2.05) is 0 Å². The lowest BCUT2D eigenvalue weighted by Crippen LogP contribution is -2.05.